The van der Waals surface area contributed by atoms with E-state index in [2.05, 4.69) is 15.5 Å². The number of nitrogens with one attached hydrogen (secondary N) is 1. The van der Waals surface area contributed by atoms with Crippen molar-refractivity contribution in [3.05, 3.63) is 5.89 Å². The van der Waals surface area contributed by atoms with Crippen molar-refractivity contribution < 1.29 is 9.21 Å². The fourth-order valence-electron chi connectivity index (χ4n) is 1.02. The Kier molecular flexibility index (Phi) is 5.43. The Hall–Kier alpha value is -1.08. The largest absolute Gasteiger partial charge is 0.415 e. The first-order valence-corrected chi connectivity index (χ1v) is 6.37. The van der Waals surface area contributed by atoms with Gasteiger partial charge in [-0.3, -0.25) is 4.79 Å². The predicted octanol–water partition coefficient (Wildman–Crippen LogP) is 0.781. The molecular formula is C10H18N4O2S. The second kappa shape index (κ2) is 6.61. The number of hydrogen-bond donors (Lipinski definition) is 2. The van der Waals surface area contributed by atoms with E-state index in [1.165, 1.54) is 11.8 Å². The second-order valence-electron chi connectivity index (χ2n) is 4.06. The molecule has 1 atom stereocenters. The van der Waals surface area contributed by atoms with Crippen molar-refractivity contribution in [2.24, 2.45) is 11.7 Å². The van der Waals surface area contributed by atoms with Gasteiger partial charge >= 0.3 is 0 Å². The minimum atomic E-state index is -0.264. The molecule has 96 valence electrons. The summed E-state index contributed by atoms with van der Waals surface area (Å²) in [6, 6.07) is 0. The molecule has 0 bridgehead atoms. The maximum absolute atomic E-state index is 11.7. The first kappa shape index (κ1) is 14.0. The molecule has 0 radical (unpaired) electrons. The highest BCUT2D eigenvalue weighted by atomic mass is 32.2. The van der Waals surface area contributed by atoms with E-state index >= 15 is 0 Å². The van der Waals surface area contributed by atoms with Crippen molar-refractivity contribution in [1.29, 1.82) is 0 Å². The molecule has 0 aliphatic heterocycles. The average molecular weight is 258 g/mol. The normalized spacial score (nSPS) is 12.8. The number of nitrogens with zero attached hydrogens (tertiary/aromatic N) is 2. The van der Waals surface area contributed by atoms with Gasteiger partial charge < -0.3 is 15.5 Å². The Morgan fingerprint density at radius 2 is 2.18 bits per heavy atom. The molecule has 3 N–H and O–H groups in total. The van der Waals surface area contributed by atoms with Crippen molar-refractivity contribution >= 4 is 17.7 Å². The van der Waals surface area contributed by atoms with Crippen LogP contribution in [-0.4, -0.2) is 27.9 Å². The molecule has 0 aromatic carbocycles. The van der Waals surface area contributed by atoms with Crippen LogP contribution in [-0.2, 0) is 11.3 Å². The SMILES string of the molecule is CC(C)CNC(=O)C(C)Sc1nnc(CN)o1. The zero-order chi connectivity index (χ0) is 12.8. The van der Waals surface area contributed by atoms with Gasteiger partial charge in [0.15, 0.2) is 0 Å². The van der Waals surface area contributed by atoms with Gasteiger partial charge in [0.2, 0.25) is 11.8 Å². The summed E-state index contributed by atoms with van der Waals surface area (Å²) in [4.78, 5) is 11.7. The van der Waals surface area contributed by atoms with Crippen LogP contribution in [0.15, 0.2) is 9.64 Å². The Morgan fingerprint density at radius 3 is 2.71 bits per heavy atom. The molecule has 1 heterocycles. The zero-order valence-electron chi connectivity index (χ0n) is 10.3. The summed E-state index contributed by atoms with van der Waals surface area (Å²) in [5.41, 5.74) is 5.35. The van der Waals surface area contributed by atoms with Crippen molar-refractivity contribution in [1.82, 2.24) is 15.5 Å². The van der Waals surface area contributed by atoms with Crippen LogP contribution in [0.3, 0.4) is 0 Å². The van der Waals surface area contributed by atoms with E-state index in [0.29, 0.717) is 23.6 Å². The molecule has 17 heavy (non-hydrogen) atoms. The van der Waals surface area contributed by atoms with Crippen LogP contribution in [0.25, 0.3) is 0 Å². The summed E-state index contributed by atoms with van der Waals surface area (Å²) in [6.07, 6.45) is 0. The highest BCUT2D eigenvalue weighted by molar-refractivity contribution is 8.00. The average Bonchev–Trinajstić information content (AvgIpc) is 2.73. The lowest BCUT2D eigenvalue weighted by atomic mass is 10.2. The third-order valence-electron chi connectivity index (χ3n) is 1.95. The van der Waals surface area contributed by atoms with Crippen LogP contribution < -0.4 is 11.1 Å². The number of amides is 1. The Bertz CT molecular complexity index is 367. The number of thioether (sulfide) groups is 1. The van der Waals surface area contributed by atoms with Gasteiger partial charge in [0.05, 0.1) is 11.8 Å². The van der Waals surface area contributed by atoms with Gasteiger partial charge in [0.1, 0.15) is 0 Å². The van der Waals surface area contributed by atoms with E-state index < -0.39 is 0 Å². The van der Waals surface area contributed by atoms with E-state index in [1.54, 1.807) is 6.92 Å². The number of rotatable bonds is 6. The summed E-state index contributed by atoms with van der Waals surface area (Å²) in [5, 5.41) is 10.5. The number of carbonyl (C=O) groups excluding carboxylic acids is 1. The summed E-state index contributed by atoms with van der Waals surface area (Å²) >= 11 is 1.23. The molecule has 0 aliphatic carbocycles. The van der Waals surface area contributed by atoms with Gasteiger partial charge in [-0.25, -0.2) is 0 Å². The first-order valence-electron chi connectivity index (χ1n) is 5.49. The van der Waals surface area contributed by atoms with E-state index in [-0.39, 0.29) is 17.7 Å². The Morgan fingerprint density at radius 1 is 1.47 bits per heavy atom. The second-order valence-corrected chi connectivity index (χ2v) is 5.36. The van der Waals surface area contributed by atoms with Crippen LogP contribution in [0.4, 0.5) is 0 Å². The van der Waals surface area contributed by atoms with Gasteiger partial charge in [0, 0.05) is 6.54 Å². The quantitative estimate of drug-likeness (QED) is 0.732. The molecule has 1 aromatic heterocycles. The van der Waals surface area contributed by atoms with Crippen LogP contribution in [0, 0.1) is 5.92 Å². The van der Waals surface area contributed by atoms with Gasteiger partial charge in [-0.1, -0.05) is 25.6 Å². The maximum atomic E-state index is 11.7. The van der Waals surface area contributed by atoms with Gasteiger partial charge in [-0.15, -0.1) is 10.2 Å². The lowest BCUT2D eigenvalue weighted by molar-refractivity contribution is -0.120. The van der Waals surface area contributed by atoms with E-state index in [1.807, 2.05) is 13.8 Å². The highest BCUT2D eigenvalue weighted by Gasteiger charge is 2.17. The monoisotopic (exact) mass is 258 g/mol. The lowest BCUT2D eigenvalue weighted by Gasteiger charge is -2.11. The molecule has 1 unspecified atom stereocenters. The summed E-state index contributed by atoms with van der Waals surface area (Å²) in [7, 11) is 0. The summed E-state index contributed by atoms with van der Waals surface area (Å²) in [6.45, 7) is 6.77. The Balaban J connectivity index is 2.42. The molecule has 0 fully saturated rings. The molecule has 0 saturated carbocycles. The number of hydrogen-bond acceptors (Lipinski definition) is 6. The number of carbonyl (C=O) groups is 1. The third-order valence-corrected chi connectivity index (χ3v) is 2.89. The zero-order valence-corrected chi connectivity index (χ0v) is 11.1. The predicted molar refractivity (Wildman–Crippen MR) is 65.4 cm³/mol. The Labute approximate surface area is 105 Å². The number of nitrogens with two attached hydrogens (primary N) is 1. The summed E-state index contributed by atoms with van der Waals surface area (Å²) < 4.78 is 5.21. The van der Waals surface area contributed by atoms with E-state index in [4.69, 9.17) is 10.2 Å². The first-order chi connectivity index (χ1) is 8.02. The minimum Gasteiger partial charge on any atom is -0.415 e. The van der Waals surface area contributed by atoms with Crippen molar-refractivity contribution in [2.75, 3.05) is 6.54 Å². The lowest BCUT2D eigenvalue weighted by Crippen LogP contribution is -2.33. The fourth-order valence-corrected chi connectivity index (χ4v) is 1.75. The van der Waals surface area contributed by atoms with Crippen LogP contribution in [0.5, 0.6) is 0 Å². The van der Waals surface area contributed by atoms with Crippen LogP contribution in [0.2, 0.25) is 0 Å². The van der Waals surface area contributed by atoms with Gasteiger partial charge in [-0.05, 0) is 12.8 Å². The molecule has 0 spiro atoms. The van der Waals surface area contributed by atoms with E-state index in [0.717, 1.165) is 0 Å². The molecule has 1 rings (SSSR count). The van der Waals surface area contributed by atoms with Crippen molar-refractivity contribution in [2.45, 2.75) is 37.8 Å². The standard InChI is InChI=1S/C10H18N4O2S/c1-6(2)5-12-9(15)7(3)17-10-14-13-8(4-11)16-10/h6-7H,4-5,11H2,1-3H3,(H,12,15). The van der Waals surface area contributed by atoms with Crippen molar-refractivity contribution in [3.8, 4) is 0 Å². The molecular weight excluding hydrogens is 240 g/mol. The van der Waals surface area contributed by atoms with Crippen molar-refractivity contribution in [3.63, 3.8) is 0 Å². The van der Waals surface area contributed by atoms with Crippen LogP contribution >= 0.6 is 11.8 Å². The molecule has 0 aliphatic rings. The van der Waals surface area contributed by atoms with Crippen LogP contribution in [0.1, 0.15) is 26.7 Å². The molecule has 1 aromatic rings. The minimum absolute atomic E-state index is 0.0313. The summed E-state index contributed by atoms with van der Waals surface area (Å²) in [5.74, 6) is 0.780. The smallest absolute Gasteiger partial charge is 0.277 e. The van der Waals surface area contributed by atoms with E-state index in [9.17, 15) is 4.79 Å². The third kappa shape index (κ3) is 4.74. The highest BCUT2D eigenvalue weighted by Crippen LogP contribution is 2.21. The van der Waals surface area contributed by atoms with Gasteiger partial charge in [-0.2, -0.15) is 0 Å². The number of aromatic nitrogens is 2. The molecule has 6 nitrogen and oxygen atoms in total. The fraction of sp³-hybridized carbons (Fsp3) is 0.700. The molecule has 1 amide bonds. The molecule has 0 saturated heterocycles. The molecule has 7 heteroatoms. The topological polar surface area (TPSA) is 94.0 Å². The maximum Gasteiger partial charge on any atom is 0.277 e. The van der Waals surface area contributed by atoms with Gasteiger partial charge in [0.25, 0.3) is 5.22 Å².